The Bertz CT molecular complexity index is 2510. The summed E-state index contributed by atoms with van der Waals surface area (Å²) in [4.78, 5) is 15.2. The van der Waals surface area contributed by atoms with E-state index in [1.807, 2.05) is 67.0 Å². The third-order valence-electron chi connectivity index (χ3n) is 9.47. The summed E-state index contributed by atoms with van der Waals surface area (Å²) in [6.45, 7) is 8.43. The fourth-order valence-corrected chi connectivity index (χ4v) is 6.88. The smallest absolute Gasteiger partial charge is 0.149 e. The van der Waals surface area contributed by atoms with Crippen molar-refractivity contribution in [1.82, 2.24) is 19.5 Å². The average molecular weight is 663 g/mol. The number of hydrogen-bond donors (Lipinski definition) is 1. The van der Waals surface area contributed by atoms with Gasteiger partial charge in [-0.1, -0.05) is 112 Å². The van der Waals surface area contributed by atoms with Gasteiger partial charge in [0, 0.05) is 29.2 Å². The summed E-state index contributed by atoms with van der Waals surface area (Å²) < 4.78 is 2.12. The largest absolute Gasteiger partial charge is 0.507 e. The zero-order chi connectivity index (χ0) is 35.1. The molecule has 8 rings (SSSR count). The van der Waals surface area contributed by atoms with E-state index in [9.17, 15) is 5.11 Å². The van der Waals surface area contributed by atoms with E-state index in [1.165, 1.54) is 0 Å². The first-order valence-electron chi connectivity index (χ1n) is 17.3. The minimum absolute atomic E-state index is 0.236. The van der Waals surface area contributed by atoms with Gasteiger partial charge in [-0.15, -0.1) is 0 Å². The van der Waals surface area contributed by atoms with E-state index in [1.54, 1.807) is 0 Å². The van der Waals surface area contributed by atoms with E-state index < -0.39 is 0 Å². The van der Waals surface area contributed by atoms with Crippen LogP contribution in [0.2, 0.25) is 0 Å². The Balaban J connectivity index is 1.38. The molecule has 0 saturated heterocycles. The molecule has 0 atom stereocenters. The molecular weight excluding hydrogens is 625 g/mol. The third-order valence-corrected chi connectivity index (χ3v) is 9.47. The number of para-hydroxylation sites is 2. The van der Waals surface area contributed by atoms with Gasteiger partial charge in [-0.2, -0.15) is 0 Å². The van der Waals surface area contributed by atoms with Gasteiger partial charge in [0.15, 0.2) is 0 Å². The van der Waals surface area contributed by atoms with Crippen molar-refractivity contribution in [3.05, 3.63) is 163 Å². The summed E-state index contributed by atoms with van der Waals surface area (Å²) in [6.07, 6.45) is 3.80. The summed E-state index contributed by atoms with van der Waals surface area (Å²) in [5.41, 5.74) is 13.0. The maximum atomic E-state index is 11.7. The topological polar surface area (TPSA) is 63.8 Å². The van der Waals surface area contributed by atoms with Crippen molar-refractivity contribution >= 4 is 11.0 Å². The quantitative estimate of drug-likeness (QED) is 0.192. The van der Waals surface area contributed by atoms with Crippen molar-refractivity contribution in [2.75, 3.05) is 0 Å². The van der Waals surface area contributed by atoms with Crippen LogP contribution in [0, 0.1) is 6.92 Å². The van der Waals surface area contributed by atoms with Gasteiger partial charge < -0.3 is 5.11 Å². The Morgan fingerprint density at radius 1 is 0.588 bits per heavy atom. The van der Waals surface area contributed by atoms with E-state index in [-0.39, 0.29) is 11.2 Å². The number of aryl methyl sites for hydroxylation is 1. The molecule has 5 nitrogen and oxygen atoms in total. The summed E-state index contributed by atoms with van der Waals surface area (Å²) in [5, 5.41) is 11.7. The van der Waals surface area contributed by atoms with E-state index in [0.29, 0.717) is 11.4 Å². The number of nitrogens with zero attached hydrogens (tertiary/aromatic N) is 4. The van der Waals surface area contributed by atoms with E-state index in [0.717, 1.165) is 72.6 Å². The molecule has 0 aliphatic heterocycles. The molecule has 248 valence electrons. The Kier molecular flexibility index (Phi) is 8.04. The Hall–Kier alpha value is -6.33. The highest BCUT2D eigenvalue weighted by Gasteiger charge is 2.25. The number of benzene rings is 5. The number of pyridine rings is 2. The average Bonchev–Trinajstić information content (AvgIpc) is 3.55. The molecule has 0 aliphatic carbocycles. The van der Waals surface area contributed by atoms with Crippen molar-refractivity contribution in [3.8, 4) is 67.6 Å². The van der Waals surface area contributed by atoms with E-state index >= 15 is 0 Å². The fraction of sp³-hybridized carbons (Fsp3) is 0.109. The second-order valence-corrected chi connectivity index (χ2v) is 14.0. The van der Waals surface area contributed by atoms with Crippen LogP contribution in [0.4, 0.5) is 0 Å². The number of fused-ring (bicyclic) bond motifs is 1. The lowest BCUT2D eigenvalue weighted by Gasteiger charge is -2.22. The molecule has 3 aromatic heterocycles. The summed E-state index contributed by atoms with van der Waals surface area (Å²) in [5.74, 6) is 0.890. The van der Waals surface area contributed by atoms with Crippen molar-refractivity contribution in [1.29, 1.82) is 0 Å². The van der Waals surface area contributed by atoms with Gasteiger partial charge in [0.25, 0.3) is 0 Å². The molecule has 8 aromatic rings. The normalized spacial score (nSPS) is 11.6. The van der Waals surface area contributed by atoms with Gasteiger partial charge >= 0.3 is 0 Å². The molecule has 0 fully saturated rings. The maximum absolute atomic E-state index is 11.7. The second kappa shape index (κ2) is 12.8. The molecule has 0 aliphatic rings. The minimum Gasteiger partial charge on any atom is -0.507 e. The number of phenolic OH excluding ortho intramolecular Hbond substituents is 1. The van der Waals surface area contributed by atoms with Crippen LogP contribution in [0.1, 0.15) is 31.9 Å². The summed E-state index contributed by atoms with van der Waals surface area (Å²) in [6, 6.07) is 47.7. The van der Waals surface area contributed by atoms with E-state index in [4.69, 9.17) is 15.0 Å². The highest BCUT2D eigenvalue weighted by Crippen LogP contribution is 2.42. The predicted molar refractivity (Wildman–Crippen MR) is 209 cm³/mol. The van der Waals surface area contributed by atoms with Gasteiger partial charge in [-0.3, -0.25) is 14.5 Å². The van der Waals surface area contributed by atoms with Gasteiger partial charge in [-0.25, -0.2) is 4.98 Å². The maximum Gasteiger partial charge on any atom is 0.149 e. The molecule has 1 N–H and O–H groups in total. The first kappa shape index (κ1) is 31.9. The lowest BCUT2D eigenvalue weighted by molar-refractivity contribution is 0.448. The fourth-order valence-electron chi connectivity index (χ4n) is 6.88. The SMILES string of the molecule is Cc1cnc(-c2cc(-c3ccccc3)cc(-c3nccc4c3nc(-c3cccc(C(C)(C)C)c3O)n4-c3ccccc3)c2)cc1-c1ccccc1. The molecule has 0 unspecified atom stereocenters. The van der Waals surface area contributed by atoms with Crippen LogP contribution in [0.5, 0.6) is 5.75 Å². The number of hydrogen-bond acceptors (Lipinski definition) is 4. The van der Waals surface area contributed by atoms with Crippen LogP contribution < -0.4 is 0 Å². The monoisotopic (exact) mass is 662 g/mol. The Morgan fingerprint density at radius 2 is 1.24 bits per heavy atom. The highest BCUT2D eigenvalue weighted by atomic mass is 16.3. The van der Waals surface area contributed by atoms with Crippen molar-refractivity contribution in [2.45, 2.75) is 33.1 Å². The van der Waals surface area contributed by atoms with Gasteiger partial charge in [0.1, 0.15) is 17.1 Å². The molecule has 5 aromatic carbocycles. The van der Waals surface area contributed by atoms with Crippen LogP contribution in [-0.2, 0) is 5.41 Å². The summed E-state index contributed by atoms with van der Waals surface area (Å²) in [7, 11) is 0. The van der Waals surface area contributed by atoms with Crippen LogP contribution in [0.3, 0.4) is 0 Å². The molecule has 3 heterocycles. The number of phenols is 1. The third kappa shape index (κ3) is 5.97. The molecule has 0 radical (unpaired) electrons. The number of rotatable bonds is 6. The van der Waals surface area contributed by atoms with E-state index in [2.05, 4.69) is 117 Å². The standard InChI is InChI=1S/C46H38N4O/c1-30-29-48-40(28-38(30)32-17-10-6-11-18-32)34-25-33(31-15-8-5-9-16-31)26-35(27-34)42-43-41(23-24-47-42)50(36-19-12-7-13-20-36)45(49-43)37-21-14-22-39(44(37)51)46(2,3)4/h5-29,51H,1-4H3. The lowest BCUT2D eigenvalue weighted by atomic mass is 9.85. The number of aromatic hydroxyl groups is 1. The molecule has 0 saturated carbocycles. The van der Waals surface area contributed by atoms with Crippen LogP contribution in [-0.4, -0.2) is 24.6 Å². The zero-order valence-corrected chi connectivity index (χ0v) is 29.2. The number of aromatic nitrogens is 4. The van der Waals surface area contributed by atoms with Crippen LogP contribution in [0.15, 0.2) is 152 Å². The van der Waals surface area contributed by atoms with Crippen LogP contribution in [0.25, 0.3) is 72.9 Å². The Morgan fingerprint density at radius 3 is 1.94 bits per heavy atom. The van der Waals surface area contributed by atoms with Crippen molar-refractivity contribution in [2.24, 2.45) is 0 Å². The first-order valence-corrected chi connectivity index (χ1v) is 17.3. The van der Waals surface area contributed by atoms with Gasteiger partial charge in [0.2, 0.25) is 0 Å². The van der Waals surface area contributed by atoms with Gasteiger partial charge in [-0.05, 0) is 94.3 Å². The Labute approximate surface area is 298 Å². The molecular formula is C46H38N4O. The lowest BCUT2D eigenvalue weighted by Crippen LogP contribution is -2.11. The molecule has 0 amide bonds. The molecule has 5 heteroatoms. The highest BCUT2D eigenvalue weighted by molar-refractivity contribution is 5.96. The number of imidazole rings is 1. The molecule has 0 bridgehead atoms. The molecule has 51 heavy (non-hydrogen) atoms. The van der Waals surface area contributed by atoms with Gasteiger partial charge in [0.05, 0.1) is 22.5 Å². The predicted octanol–water partition coefficient (Wildman–Crippen LogP) is 11.5. The summed E-state index contributed by atoms with van der Waals surface area (Å²) >= 11 is 0. The van der Waals surface area contributed by atoms with Crippen molar-refractivity contribution < 1.29 is 5.11 Å². The zero-order valence-electron chi connectivity index (χ0n) is 29.2. The first-order chi connectivity index (χ1) is 24.8. The molecule has 0 spiro atoms. The van der Waals surface area contributed by atoms with Crippen LogP contribution >= 0.6 is 0 Å². The second-order valence-electron chi connectivity index (χ2n) is 14.0. The minimum atomic E-state index is -0.255. The van der Waals surface area contributed by atoms with Crippen molar-refractivity contribution in [3.63, 3.8) is 0 Å².